The largest absolute Gasteiger partial charge is 0.504 e. The predicted octanol–water partition coefficient (Wildman–Crippen LogP) is 3.86. The molecule has 0 amide bonds. The van der Waals surface area contributed by atoms with Crippen molar-refractivity contribution >= 4 is 0 Å². The highest BCUT2D eigenvalue weighted by Gasteiger charge is 2.13. The van der Waals surface area contributed by atoms with Crippen LogP contribution in [0.2, 0.25) is 0 Å². The van der Waals surface area contributed by atoms with E-state index in [9.17, 15) is 5.11 Å². The van der Waals surface area contributed by atoms with Crippen LogP contribution in [0.3, 0.4) is 0 Å². The molecule has 0 radical (unpaired) electrons. The lowest BCUT2D eigenvalue weighted by atomic mass is 10.1. The van der Waals surface area contributed by atoms with E-state index in [1.54, 1.807) is 4.68 Å². The fraction of sp³-hybridized carbons (Fsp3) is 0.118. The van der Waals surface area contributed by atoms with Crippen molar-refractivity contribution in [1.82, 2.24) is 9.78 Å². The van der Waals surface area contributed by atoms with E-state index in [2.05, 4.69) is 5.10 Å². The molecule has 0 spiro atoms. The number of aromatic nitrogens is 2. The van der Waals surface area contributed by atoms with Crippen molar-refractivity contribution in [2.24, 2.45) is 0 Å². The predicted molar refractivity (Wildman–Crippen MR) is 80.1 cm³/mol. The van der Waals surface area contributed by atoms with Gasteiger partial charge in [0.15, 0.2) is 5.75 Å². The molecule has 1 N–H and O–H groups in total. The molecular weight excluding hydrogens is 248 g/mol. The highest BCUT2D eigenvalue weighted by atomic mass is 16.3. The molecular formula is C17H16N2O. The Bertz CT molecular complexity index is 742. The standard InChI is InChI=1S/C17H16N2O/c1-12-6-8-14(9-7-12)17-16(20)11-18-19(17)15-5-3-4-13(2)10-15/h3-11,20H,1-2H3. The second-order valence-corrected chi connectivity index (χ2v) is 5.00. The molecule has 0 saturated heterocycles. The molecule has 3 nitrogen and oxygen atoms in total. The molecule has 0 atom stereocenters. The Balaban J connectivity index is 2.17. The number of hydrogen-bond donors (Lipinski definition) is 1. The van der Waals surface area contributed by atoms with Crippen LogP contribution in [0, 0.1) is 13.8 Å². The van der Waals surface area contributed by atoms with Gasteiger partial charge in [-0.2, -0.15) is 5.10 Å². The summed E-state index contributed by atoms with van der Waals surface area (Å²) >= 11 is 0. The van der Waals surface area contributed by atoms with Crippen LogP contribution in [0.15, 0.2) is 54.7 Å². The summed E-state index contributed by atoms with van der Waals surface area (Å²) in [5.74, 6) is 0.190. The minimum absolute atomic E-state index is 0.190. The van der Waals surface area contributed by atoms with E-state index in [1.165, 1.54) is 11.8 Å². The third kappa shape index (κ3) is 2.18. The SMILES string of the molecule is Cc1ccc(-c2c(O)cnn2-c2cccc(C)c2)cc1. The Kier molecular flexibility index (Phi) is 3.03. The summed E-state index contributed by atoms with van der Waals surface area (Å²) in [7, 11) is 0. The Morgan fingerprint density at radius 3 is 2.40 bits per heavy atom. The van der Waals surface area contributed by atoms with Crippen molar-refractivity contribution in [3.63, 3.8) is 0 Å². The van der Waals surface area contributed by atoms with E-state index in [0.29, 0.717) is 0 Å². The number of aryl methyl sites for hydroxylation is 2. The Labute approximate surface area is 118 Å². The maximum Gasteiger partial charge on any atom is 0.162 e. The van der Waals surface area contributed by atoms with Crippen molar-refractivity contribution in [3.05, 3.63) is 65.9 Å². The van der Waals surface area contributed by atoms with Crippen molar-refractivity contribution < 1.29 is 5.11 Å². The lowest BCUT2D eigenvalue weighted by molar-refractivity contribution is 0.477. The maximum absolute atomic E-state index is 10.1. The van der Waals surface area contributed by atoms with Crippen LogP contribution in [0.4, 0.5) is 0 Å². The van der Waals surface area contributed by atoms with E-state index in [0.717, 1.165) is 22.5 Å². The van der Waals surface area contributed by atoms with E-state index >= 15 is 0 Å². The topological polar surface area (TPSA) is 38.1 Å². The zero-order valence-electron chi connectivity index (χ0n) is 11.5. The molecule has 3 heteroatoms. The van der Waals surface area contributed by atoms with Gasteiger partial charge in [-0.3, -0.25) is 0 Å². The van der Waals surface area contributed by atoms with E-state index in [4.69, 9.17) is 0 Å². The Morgan fingerprint density at radius 2 is 1.70 bits per heavy atom. The second kappa shape index (κ2) is 4.85. The average Bonchev–Trinajstić information content (AvgIpc) is 2.82. The van der Waals surface area contributed by atoms with Gasteiger partial charge in [-0.1, -0.05) is 42.0 Å². The lowest BCUT2D eigenvalue weighted by Gasteiger charge is -2.09. The van der Waals surface area contributed by atoms with Gasteiger partial charge in [0.25, 0.3) is 0 Å². The van der Waals surface area contributed by atoms with Gasteiger partial charge < -0.3 is 5.11 Å². The molecule has 20 heavy (non-hydrogen) atoms. The number of hydrogen-bond acceptors (Lipinski definition) is 2. The zero-order valence-corrected chi connectivity index (χ0v) is 11.5. The molecule has 0 bridgehead atoms. The fourth-order valence-corrected chi connectivity index (χ4v) is 2.28. The van der Waals surface area contributed by atoms with Crippen molar-refractivity contribution in [3.8, 4) is 22.7 Å². The first kappa shape index (κ1) is 12.5. The summed E-state index contributed by atoms with van der Waals surface area (Å²) in [5, 5.41) is 14.4. The number of aromatic hydroxyl groups is 1. The molecule has 0 fully saturated rings. The van der Waals surface area contributed by atoms with Crippen LogP contribution in [0.25, 0.3) is 16.9 Å². The minimum Gasteiger partial charge on any atom is -0.504 e. The van der Waals surface area contributed by atoms with Crippen molar-refractivity contribution in [2.45, 2.75) is 13.8 Å². The van der Waals surface area contributed by atoms with Crippen molar-refractivity contribution in [1.29, 1.82) is 0 Å². The lowest BCUT2D eigenvalue weighted by Crippen LogP contribution is -1.99. The molecule has 2 aromatic carbocycles. The van der Waals surface area contributed by atoms with Crippen LogP contribution in [0.1, 0.15) is 11.1 Å². The first-order valence-electron chi connectivity index (χ1n) is 6.56. The van der Waals surface area contributed by atoms with E-state index in [1.807, 2.05) is 62.4 Å². The van der Waals surface area contributed by atoms with Gasteiger partial charge in [-0.05, 0) is 31.5 Å². The molecule has 1 aromatic heterocycles. The first-order chi connectivity index (χ1) is 9.65. The van der Waals surface area contributed by atoms with Gasteiger partial charge in [0, 0.05) is 5.56 Å². The normalized spacial score (nSPS) is 10.7. The molecule has 0 aliphatic rings. The molecule has 3 aromatic rings. The van der Waals surface area contributed by atoms with Gasteiger partial charge in [0.05, 0.1) is 11.9 Å². The van der Waals surface area contributed by atoms with Crippen LogP contribution in [0.5, 0.6) is 5.75 Å². The second-order valence-electron chi connectivity index (χ2n) is 5.00. The molecule has 1 heterocycles. The maximum atomic E-state index is 10.1. The number of rotatable bonds is 2. The average molecular weight is 264 g/mol. The number of benzene rings is 2. The summed E-state index contributed by atoms with van der Waals surface area (Å²) in [6.07, 6.45) is 1.48. The summed E-state index contributed by atoms with van der Waals surface area (Å²) in [5.41, 5.74) is 4.96. The highest BCUT2D eigenvalue weighted by molar-refractivity contribution is 5.68. The molecule has 100 valence electrons. The van der Waals surface area contributed by atoms with Gasteiger partial charge in [0.1, 0.15) is 5.69 Å². The molecule has 0 aliphatic carbocycles. The molecule has 0 unspecified atom stereocenters. The quantitative estimate of drug-likeness (QED) is 0.763. The highest BCUT2D eigenvalue weighted by Crippen LogP contribution is 2.31. The van der Waals surface area contributed by atoms with E-state index < -0.39 is 0 Å². The summed E-state index contributed by atoms with van der Waals surface area (Å²) in [6, 6.07) is 16.1. The van der Waals surface area contributed by atoms with Crippen LogP contribution in [-0.2, 0) is 0 Å². The summed E-state index contributed by atoms with van der Waals surface area (Å²) < 4.78 is 1.77. The summed E-state index contributed by atoms with van der Waals surface area (Å²) in [4.78, 5) is 0. The van der Waals surface area contributed by atoms with E-state index in [-0.39, 0.29) is 5.75 Å². The fourth-order valence-electron chi connectivity index (χ4n) is 2.28. The number of nitrogens with zero attached hydrogens (tertiary/aromatic N) is 2. The third-order valence-corrected chi connectivity index (χ3v) is 3.32. The first-order valence-corrected chi connectivity index (χ1v) is 6.56. The van der Waals surface area contributed by atoms with Crippen LogP contribution < -0.4 is 0 Å². The third-order valence-electron chi connectivity index (χ3n) is 3.32. The van der Waals surface area contributed by atoms with Gasteiger partial charge in [-0.15, -0.1) is 0 Å². The Morgan fingerprint density at radius 1 is 0.950 bits per heavy atom. The van der Waals surface area contributed by atoms with Gasteiger partial charge in [-0.25, -0.2) is 4.68 Å². The van der Waals surface area contributed by atoms with Crippen molar-refractivity contribution in [2.75, 3.05) is 0 Å². The monoisotopic (exact) mass is 264 g/mol. The smallest absolute Gasteiger partial charge is 0.162 e. The molecule has 0 saturated carbocycles. The molecule has 0 aliphatic heterocycles. The van der Waals surface area contributed by atoms with Gasteiger partial charge in [0.2, 0.25) is 0 Å². The van der Waals surface area contributed by atoms with Crippen LogP contribution >= 0.6 is 0 Å². The summed E-state index contributed by atoms with van der Waals surface area (Å²) in [6.45, 7) is 4.08. The van der Waals surface area contributed by atoms with Gasteiger partial charge >= 0.3 is 0 Å². The Hall–Kier alpha value is -2.55. The van der Waals surface area contributed by atoms with Crippen LogP contribution in [-0.4, -0.2) is 14.9 Å². The molecule has 3 rings (SSSR count). The minimum atomic E-state index is 0.190. The zero-order chi connectivity index (χ0) is 14.1.